The van der Waals surface area contributed by atoms with E-state index in [1.165, 1.54) is 0 Å². The maximum absolute atomic E-state index is 10.5. The molecule has 0 aromatic heterocycles. The molecule has 0 aliphatic heterocycles. The van der Waals surface area contributed by atoms with Crippen molar-refractivity contribution in [3.05, 3.63) is 12.7 Å². The smallest absolute Gasteiger partial charge is 0.307 e. The van der Waals surface area contributed by atoms with Gasteiger partial charge in [-0.3, -0.25) is 10.5 Å². The van der Waals surface area contributed by atoms with Gasteiger partial charge in [0.2, 0.25) is 0 Å². The van der Waals surface area contributed by atoms with Crippen molar-refractivity contribution in [2.45, 2.75) is 12.8 Å². The third kappa shape index (κ3) is 5.03. The zero-order chi connectivity index (χ0) is 7.11. The summed E-state index contributed by atoms with van der Waals surface area (Å²) >= 11 is 0. The van der Waals surface area contributed by atoms with Crippen LogP contribution < -0.4 is 5.73 Å². The molecule has 52 valence electrons. The van der Waals surface area contributed by atoms with Crippen LogP contribution in [0.3, 0.4) is 0 Å². The van der Waals surface area contributed by atoms with E-state index >= 15 is 0 Å². The fourth-order valence-corrected chi connectivity index (χ4v) is 0.385. The van der Waals surface area contributed by atoms with Gasteiger partial charge >= 0.3 is 5.97 Å². The molecule has 2 N–H and O–H groups in total. The van der Waals surface area contributed by atoms with Crippen LogP contribution in [-0.2, 0) is 9.53 Å². The van der Waals surface area contributed by atoms with Crippen molar-refractivity contribution in [2.75, 3.05) is 6.73 Å². The Kier molecular flexibility index (Phi) is 4.82. The molecule has 0 aromatic rings. The molecule has 0 amide bonds. The Morgan fingerprint density at radius 3 is 2.89 bits per heavy atom. The molecule has 0 rings (SSSR count). The van der Waals surface area contributed by atoms with Crippen LogP contribution in [0.5, 0.6) is 0 Å². The molecule has 0 spiro atoms. The quantitative estimate of drug-likeness (QED) is 0.340. The third-order valence-corrected chi connectivity index (χ3v) is 0.797. The van der Waals surface area contributed by atoms with Crippen LogP contribution in [-0.4, -0.2) is 12.7 Å². The molecule has 0 atom stereocenters. The average molecular weight is 129 g/mol. The maximum Gasteiger partial charge on any atom is 0.307 e. The highest BCUT2D eigenvalue weighted by molar-refractivity contribution is 5.69. The van der Waals surface area contributed by atoms with Gasteiger partial charge in [-0.05, 0) is 6.42 Å². The van der Waals surface area contributed by atoms with Crippen molar-refractivity contribution in [1.29, 1.82) is 0 Å². The van der Waals surface area contributed by atoms with Crippen molar-refractivity contribution in [2.24, 2.45) is 5.73 Å². The summed E-state index contributed by atoms with van der Waals surface area (Å²) < 4.78 is 4.44. The van der Waals surface area contributed by atoms with Crippen LogP contribution in [0, 0.1) is 0 Å². The summed E-state index contributed by atoms with van der Waals surface area (Å²) in [5.41, 5.74) is 4.93. The number of carbonyl (C=O) groups is 1. The summed E-state index contributed by atoms with van der Waals surface area (Å²) in [6.45, 7) is 3.42. The van der Waals surface area contributed by atoms with Gasteiger partial charge in [-0.25, -0.2) is 0 Å². The van der Waals surface area contributed by atoms with Crippen molar-refractivity contribution in [3.8, 4) is 0 Å². The first-order chi connectivity index (χ1) is 4.31. The Balaban J connectivity index is 3.16. The molecule has 0 bridgehead atoms. The lowest BCUT2D eigenvalue weighted by Crippen LogP contribution is -2.11. The second-order valence-corrected chi connectivity index (χ2v) is 1.51. The molecule has 0 aromatic carbocycles. The first-order valence-electron chi connectivity index (χ1n) is 2.78. The third-order valence-electron chi connectivity index (χ3n) is 0.797. The van der Waals surface area contributed by atoms with Crippen molar-refractivity contribution in [1.82, 2.24) is 0 Å². The summed E-state index contributed by atoms with van der Waals surface area (Å²) in [7, 11) is 0. The topological polar surface area (TPSA) is 52.3 Å². The van der Waals surface area contributed by atoms with Crippen LogP contribution >= 0.6 is 0 Å². The van der Waals surface area contributed by atoms with E-state index in [9.17, 15) is 4.79 Å². The molecule has 0 fully saturated rings. The molecule has 0 saturated heterocycles. The fraction of sp³-hybridized carbons (Fsp3) is 0.500. The first-order valence-corrected chi connectivity index (χ1v) is 2.78. The Morgan fingerprint density at radius 1 is 1.78 bits per heavy atom. The van der Waals surface area contributed by atoms with Crippen LogP contribution in [0.4, 0.5) is 0 Å². The van der Waals surface area contributed by atoms with Gasteiger partial charge in [0.1, 0.15) is 6.73 Å². The van der Waals surface area contributed by atoms with E-state index in [0.29, 0.717) is 12.8 Å². The molecule has 0 aliphatic carbocycles. The highest BCUT2D eigenvalue weighted by Gasteiger charge is 1.96. The van der Waals surface area contributed by atoms with Gasteiger partial charge in [-0.15, -0.1) is 6.58 Å². The minimum Gasteiger partial charge on any atom is -0.450 e. The molecule has 0 unspecified atom stereocenters. The van der Waals surface area contributed by atoms with Gasteiger partial charge in [0, 0.05) is 6.42 Å². The molecule has 0 radical (unpaired) electrons. The van der Waals surface area contributed by atoms with Crippen molar-refractivity contribution in [3.63, 3.8) is 0 Å². The second kappa shape index (κ2) is 5.31. The zero-order valence-electron chi connectivity index (χ0n) is 5.30. The minimum absolute atomic E-state index is 0.0318. The predicted molar refractivity (Wildman–Crippen MR) is 34.6 cm³/mol. The summed E-state index contributed by atoms with van der Waals surface area (Å²) in [6.07, 6.45) is 2.69. The van der Waals surface area contributed by atoms with Gasteiger partial charge in [-0.2, -0.15) is 0 Å². The highest BCUT2D eigenvalue weighted by Crippen LogP contribution is 1.90. The van der Waals surface area contributed by atoms with Gasteiger partial charge < -0.3 is 4.74 Å². The maximum atomic E-state index is 10.5. The van der Waals surface area contributed by atoms with E-state index in [4.69, 9.17) is 5.73 Å². The number of carbonyl (C=O) groups excluding carboxylic acids is 1. The molecule has 0 aliphatic rings. The van der Waals surface area contributed by atoms with Gasteiger partial charge in [0.25, 0.3) is 0 Å². The molecule has 0 heterocycles. The van der Waals surface area contributed by atoms with Crippen LogP contribution in [0.1, 0.15) is 12.8 Å². The predicted octanol–water partition coefficient (Wildman–Crippen LogP) is 0.412. The molecular formula is C6H11NO2. The van der Waals surface area contributed by atoms with Crippen LogP contribution in [0.25, 0.3) is 0 Å². The van der Waals surface area contributed by atoms with Crippen molar-refractivity contribution >= 4 is 5.97 Å². The van der Waals surface area contributed by atoms with E-state index in [2.05, 4.69) is 11.3 Å². The second-order valence-electron chi connectivity index (χ2n) is 1.51. The SMILES string of the molecule is C=CCCC(=O)OCN. The number of rotatable bonds is 4. The Hall–Kier alpha value is -0.830. The molecule has 9 heavy (non-hydrogen) atoms. The number of hydrogen-bond acceptors (Lipinski definition) is 3. The van der Waals surface area contributed by atoms with E-state index in [-0.39, 0.29) is 12.7 Å². The number of esters is 1. The van der Waals surface area contributed by atoms with Crippen LogP contribution in [0.15, 0.2) is 12.7 Å². The normalized spacial score (nSPS) is 8.56. The van der Waals surface area contributed by atoms with Crippen LogP contribution in [0.2, 0.25) is 0 Å². The summed E-state index contributed by atoms with van der Waals surface area (Å²) in [5, 5.41) is 0. The lowest BCUT2D eigenvalue weighted by molar-refractivity contribution is -0.143. The Morgan fingerprint density at radius 2 is 2.44 bits per heavy atom. The lowest BCUT2D eigenvalue weighted by Gasteiger charge is -1.96. The largest absolute Gasteiger partial charge is 0.450 e. The Labute approximate surface area is 54.5 Å². The molecule has 0 saturated carbocycles. The Bertz CT molecular complexity index is 101. The van der Waals surface area contributed by atoms with E-state index in [1.54, 1.807) is 6.08 Å². The van der Waals surface area contributed by atoms with E-state index in [0.717, 1.165) is 0 Å². The standard InChI is InChI=1S/C6H11NO2/c1-2-3-4-6(8)9-5-7/h2H,1,3-5,7H2. The minimum atomic E-state index is -0.266. The average Bonchev–Trinajstić information content (AvgIpc) is 1.85. The number of nitrogens with two attached hydrogens (primary N) is 1. The van der Waals surface area contributed by atoms with E-state index in [1.807, 2.05) is 0 Å². The van der Waals surface area contributed by atoms with Gasteiger partial charge in [-0.1, -0.05) is 6.08 Å². The van der Waals surface area contributed by atoms with Gasteiger partial charge in [0.05, 0.1) is 0 Å². The van der Waals surface area contributed by atoms with Crippen molar-refractivity contribution < 1.29 is 9.53 Å². The summed E-state index contributed by atoms with van der Waals surface area (Å²) in [4.78, 5) is 10.5. The number of ether oxygens (including phenoxy) is 1. The highest BCUT2D eigenvalue weighted by atomic mass is 16.5. The summed E-state index contributed by atoms with van der Waals surface area (Å²) in [5.74, 6) is -0.266. The summed E-state index contributed by atoms with van der Waals surface area (Å²) in [6, 6.07) is 0. The molecule has 3 nitrogen and oxygen atoms in total. The number of allylic oxidation sites excluding steroid dienone is 1. The molecule has 3 heteroatoms. The van der Waals surface area contributed by atoms with Gasteiger partial charge in [0.15, 0.2) is 0 Å². The first kappa shape index (κ1) is 8.17. The zero-order valence-corrected chi connectivity index (χ0v) is 5.30. The monoisotopic (exact) mass is 129 g/mol. The number of hydrogen-bond donors (Lipinski definition) is 1. The molecular weight excluding hydrogens is 118 g/mol. The van der Waals surface area contributed by atoms with E-state index < -0.39 is 0 Å². The lowest BCUT2D eigenvalue weighted by atomic mass is 10.3. The fourth-order valence-electron chi connectivity index (χ4n) is 0.385.